The van der Waals surface area contributed by atoms with Gasteiger partial charge in [-0.1, -0.05) is 17.3 Å². The SMILES string of the molecule is CCOc1ccc(C=CC(=O)Nc2ccc(OCc3noc(C4CC4)n3)cc2)cc1. The van der Waals surface area contributed by atoms with Crippen LogP contribution in [0.25, 0.3) is 6.08 Å². The van der Waals surface area contributed by atoms with Crippen LogP contribution >= 0.6 is 0 Å². The van der Waals surface area contributed by atoms with Crippen LogP contribution < -0.4 is 14.8 Å². The molecule has 1 heterocycles. The first kappa shape index (κ1) is 19.7. The molecule has 154 valence electrons. The summed E-state index contributed by atoms with van der Waals surface area (Å²) in [4.78, 5) is 16.5. The summed E-state index contributed by atoms with van der Waals surface area (Å²) in [6.45, 7) is 2.81. The molecule has 1 aromatic heterocycles. The molecule has 0 aliphatic heterocycles. The molecular formula is C23H23N3O4. The van der Waals surface area contributed by atoms with Gasteiger partial charge in [0.2, 0.25) is 17.6 Å². The number of rotatable bonds is 9. The minimum Gasteiger partial charge on any atom is -0.494 e. The van der Waals surface area contributed by atoms with Gasteiger partial charge in [-0.3, -0.25) is 4.79 Å². The Morgan fingerprint density at radius 1 is 1.10 bits per heavy atom. The van der Waals surface area contributed by atoms with Gasteiger partial charge >= 0.3 is 0 Å². The first-order valence-corrected chi connectivity index (χ1v) is 9.97. The highest BCUT2D eigenvalue weighted by molar-refractivity contribution is 6.01. The van der Waals surface area contributed by atoms with E-state index >= 15 is 0 Å². The lowest BCUT2D eigenvalue weighted by molar-refractivity contribution is -0.111. The van der Waals surface area contributed by atoms with Crippen molar-refractivity contribution in [3.05, 3.63) is 71.9 Å². The van der Waals surface area contributed by atoms with Gasteiger partial charge in [0.1, 0.15) is 11.5 Å². The van der Waals surface area contributed by atoms with Gasteiger partial charge in [-0.05, 0) is 67.8 Å². The Kier molecular flexibility index (Phi) is 6.08. The Bertz CT molecular complexity index is 1010. The Morgan fingerprint density at radius 3 is 2.50 bits per heavy atom. The average molecular weight is 405 g/mol. The largest absolute Gasteiger partial charge is 0.494 e. The van der Waals surface area contributed by atoms with Gasteiger partial charge in [-0.15, -0.1) is 0 Å². The van der Waals surface area contributed by atoms with E-state index in [0.29, 0.717) is 35.7 Å². The standard InChI is InChI=1S/C23H23N3O4/c1-2-28-19-10-3-16(4-11-19)5-14-22(27)24-18-8-12-20(13-9-18)29-15-21-25-23(30-26-21)17-6-7-17/h3-5,8-14,17H,2,6-7,15H2,1H3,(H,24,27). The van der Waals surface area contributed by atoms with E-state index in [-0.39, 0.29) is 12.5 Å². The fourth-order valence-electron chi connectivity index (χ4n) is 2.80. The summed E-state index contributed by atoms with van der Waals surface area (Å²) in [5.41, 5.74) is 1.60. The van der Waals surface area contributed by atoms with Crippen LogP contribution in [-0.2, 0) is 11.4 Å². The highest BCUT2D eigenvalue weighted by Crippen LogP contribution is 2.38. The summed E-state index contributed by atoms with van der Waals surface area (Å²) in [5.74, 6) is 2.92. The van der Waals surface area contributed by atoms with Crippen LogP contribution in [0.3, 0.4) is 0 Å². The number of aromatic nitrogens is 2. The summed E-state index contributed by atoms with van der Waals surface area (Å²) >= 11 is 0. The normalized spacial score (nSPS) is 13.4. The average Bonchev–Trinajstić information content (AvgIpc) is 3.51. The molecule has 7 heteroatoms. The molecule has 1 fully saturated rings. The van der Waals surface area contributed by atoms with Gasteiger partial charge < -0.3 is 19.3 Å². The first-order valence-electron chi connectivity index (χ1n) is 9.97. The summed E-state index contributed by atoms with van der Waals surface area (Å²) in [6.07, 6.45) is 5.48. The molecular weight excluding hydrogens is 382 g/mol. The molecule has 0 bridgehead atoms. The molecule has 30 heavy (non-hydrogen) atoms. The van der Waals surface area contributed by atoms with Crippen molar-refractivity contribution in [3.63, 3.8) is 0 Å². The molecule has 4 rings (SSSR count). The van der Waals surface area contributed by atoms with Crippen LogP contribution in [0, 0.1) is 0 Å². The molecule has 0 spiro atoms. The molecule has 3 aromatic rings. The number of carbonyl (C=O) groups is 1. The van der Waals surface area contributed by atoms with E-state index in [1.807, 2.05) is 31.2 Å². The quantitative estimate of drug-likeness (QED) is 0.525. The van der Waals surface area contributed by atoms with Gasteiger partial charge in [0.05, 0.1) is 6.61 Å². The summed E-state index contributed by atoms with van der Waals surface area (Å²) < 4.78 is 16.3. The molecule has 0 radical (unpaired) electrons. The van der Waals surface area contributed by atoms with Gasteiger partial charge in [0.15, 0.2) is 6.61 Å². The van der Waals surface area contributed by atoms with Crippen molar-refractivity contribution in [3.8, 4) is 11.5 Å². The van der Waals surface area contributed by atoms with E-state index in [1.165, 1.54) is 6.08 Å². The van der Waals surface area contributed by atoms with Gasteiger partial charge in [0, 0.05) is 17.7 Å². The number of anilines is 1. The molecule has 1 aliphatic rings. The zero-order valence-corrected chi connectivity index (χ0v) is 16.7. The summed E-state index contributed by atoms with van der Waals surface area (Å²) in [6, 6.07) is 14.7. The second-order valence-corrected chi connectivity index (χ2v) is 6.96. The maximum Gasteiger partial charge on any atom is 0.248 e. The van der Waals surface area contributed by atoms with Crippen molar-refractivity contribution in [2.45, 2.75) is 32.3 Å². The fraction of sp³-hybridized carbons (Fsp3) is 0.261. The second-order valence-electron chi connectivity index (χ2n) is 6.96. The smallest absolute Gasteiger partial charge is 0.248 e. The van der Waals surface area contributed by atoms with Crippen molar-refractivity contribution in [1.29, 1.82) is 0 Å². The number of nitrogens with one attached hydrogen (secondary N) is 1. The molecule has 2 aromatic carbocycles. The third-order valence-corrected chi connectivity index (χ3v) is 4.52. The van der Waals surface area contributed by atoms with Gasteiger partial charge in [-0.2, -0.15) is 4.98 Å². The van der Waals surface area contributed by atoms with E-state index in [1.54, 1.807) is 30.3 Å². The Balaban J connectivity index is 1.25. The third-order valence-electron chi connectivity index (χ3n) is 4.52. The number of hydrogen-bond donors (Lipinski definition) is 1. The molecule has 0 unspecified atom stereocenters. The van der Waals surface area contributed by atoms with Crippen molar-refractivity contribution >= 4 is 17.7 Å². The molecule has 0 atom stereocenters. The number of amides is 1. The number of nitrogens with zero attached hydrogens (tertiary/aromatic N) is 2. The van der Waals surface area contributed by atoms with Crippen LogP contribution in [0.5, 0.6) is 11.5 Å². The lowest BCUT2D eigenvalue weighted by atomic mass is 10.2. The minimum absolute atomic E-state index is 0.211. The zero-order chi connectivity index (χ0) is 20.8. The summed E-state index contributed by atoms with van der Waals surface area (Å²) in [5, 5.41) is 6.75. The Labute approximate surface area is 174 Å². The lowest BCUT2D eigenvalue weighted by Crippen LogP contribution is -2.07. The van der Waals surface area contributed by atoms with Gasteiger partial charge in [-0.25, -0.2) is 0 Å². The Hall–Kier alpha value is -3.61. The Morgan fingerprint density at radius 2 is 1.80 bits per heavy atom. The topological polar surface area (TPSA) is 86.5 Å². The molecule has 7 nitrogen and oxygen atoms in total. The maximum atomic E-state index is 12.1. The number of ether oxygens (including phenoxy) is 2. The molecule has 0 saturated heterocycles. The second kappa shape index (κ2) is 9.26. The van der Waals surface area contributed by atoms with E-state index in [9.17, 15) is 4.79 Å². The van der Waals surface area contributed by atoms with Crippen molar-refractivity contribution < 1.29 is 18.8 Å². The van der Waals surface area contributed by atoms with Crippen molar-refractivity contribution in [2.75, 3.05) is 11.9 Å². The van der Waals surface area contributed by atoms with Crippen LogP contribution in [0.2, 0.25) is 0 Å². The van der Waals surface area contributed by atoms with Crippen LogP contribution in [0.4, 0.5) is 5.69 Å². The predicted molar refractivity (Wildman–Crippen MR) is 112 cm³/mol. The van der Waals surface area contributed by atoms with Crippen LogP contribution in [-0.4, -0.2) is 22.7 Å². The van der Waals surface area contributed by atoms with Crippen molar-refractivity contribution in [1.82, 2.24) is 10.1 Å². The van der Waals surface area contributed by atoms with Crippen molar-refractivity contribution in [2.24, 2.45) is 0 Å². The van der Waals surface area contributed by atoms with E-state index < -0.39 is 0 Å². The number of benzene rings is 2. The van der Waals surface area contributed by atoms with Crippen LogP contribution in [0.15, 0.2) is 59.1 Å². The maximum absolute atomic E-state index is 12.1. The number of carbonyl (C=O) groups excluding carboxylic acids is 1. The van der Waals surface area contributed by atoms with E-state index in [2.05, 4.69) is 15.5 Å². The van der Waals surface area contributed by atoms with Crippen LogP contribution in [0.1, 0.15) is 43.0 Å². The highest BCUT2D eigenvalue weighted by Gasteiger charge is 2.29. The molecule has 1 amide bonds. The molecule has 1 aliphatic carbocycles. The van der Waals surface area contributed by atoms with E-state index in [0.717, 1.165) is 24.2 Å². The lowest BCUT2D eigenvalue weighted by Gasteiger charge is -2.06. The minimum atomic E-state index is -0.211. The summed E-state index contributed by atoms with van der Waals surface area (Å²) in [7, 11) is 0. The third kappa shape index (κ3) is 5.47. The number of hydrogen-bond acceptors (Lipinski definition) is 6. The van der Waals surface area contributed by atoms with Gasteiger partial charge in [0.25, 0.3) is 0 Å². The van der Waals surface area contributed by atoms with E-state index in [4.69, 9.17) is 14.0 Å². The monoisotopic (exact) mass is 405 g/mol. The first-order chi connectivity index (χ1) is 14.7. The molecule has 1 saturated carbocycles. The zero-order valence-electron chi connectivity index (χ0n) is 16.7. The molecule has 1 N–H and O–H groups in total. The highest BCUT2D eigenvalue weighted by atomic mass is 16.5. The predicted octanol–water partition coefficient (Wildman–Crippen LogP) is 4.58. The fourth-order valence-corrected chi connectivity index (χ4v) is 2.80.